The van der Waals surface area contributed by atoms with Gasteiger partial charge in [0.2, 0.25) is 0 Å². The Morgan fingerprint density at radius 2 is 2.00 bits per heavy atom. The first-order chi connectivity index (χ1) is 10.3. The van der Waals surface area contributed by atoms with Gasteiger partial charge in [0, 0.05) is 30.9 Å². The zero-order valence-corrected chi connectivity index (χ0v) is 12.8. The van der Waals surface area contributed by atoms with E-state index in [0.717, 1.165) is 25.2 Å². The van der Waals surface area contributed by atoms with Gasteiger partial charge >= 0.3 is 0 Å². The molecule has 1 fully saturated rings. The number of benzene rings is 1. The maximum atomic E-state index is 4.46. The smallest absolute Gasteiger partial charge is 0.0556 e. The van der Waals surface area contributed by atoms with Crippen molar-refractivity contribution in [3.63, 3.8) is 0 Å². The van der Waals surface area contributed by atoms with Gasteiger partial charge in [-0.15, -0.1) is 0 Å². The summed E-state index contributed by atoms with van der Waals surface area (Å²) in [6, 6.07) is 15.9. The van der Waals surface area contributed by atoms with Crippen LogP contribution >= 0.6 is 0 Å². The van der Waals surface area contributed by atoms with Crippen molar-refractivity contribution in [2.24, 2.45) is 0 Å². The van der Waals surface area contributed by atoms with E-state index in [0.29, 0.717) is 12.1 Å². The standard InChI is InChI=1S/C18H23N3/c1-3-16-11-20-18(15-7-5-4-6-8-15)13-21(16)17-10-9-14(2)19-12-17/h4-10,12,16,18,20H,3,11,13H2,1-2H3. The minimum Gasteiger partial charge on any atom is -0.364 e. The molecule has 21 heavy (non-hydrogen) atoms. The fourth-order valence-corrected chi connectivity index (χ4v) is 3.02. The molecule has 1 aromatic heterocycles. The predicted octanol–water partition coefficient (Wildman–Crippen LogP) is 3.32. The lowest BCUT2D eigenvalue weighted by molar-refractivity contribution is 0.392. The third-order valence-electron chi connectivity index (χ3n) is 4.32. The van der Waals surface area contributed by atoms with Gasteiger partial charge in [0.15, 0.2) is 0 Å². The molecule has 2 atom stereocenters. The number of anilines is 1. The highest BCUT2D eigenvalue weighted by atomic mass is 15.2. The average molecular weight is 281 g/mol. The number of aryl methyl sites for hydroxylation is 1. The average Bonchev–Trinajstić information content (AvgIpc) is 2.56. The van der Waals surface area contributed by atoms with Gasteiger partial charge in [0.1, 0.15) is 0 Å². The van der Waals surface area contributed by atoms with Crippen molar-refractivity contribution in [1.82, 2.24) is 10.3 Å². The molecule has 0 radical (unpaired) electrons. The van der Waals surface area contributed by atoms with Crippen LogP contribution in [0.15, 0.2) is 48.7 Å². The lowest BCUT2D eigenvalue weighted by Gasteiger charge is -2.41. The van der Waals surface area contributed by atoms with Crippen molar-refractivity contribution in [3.8, 4) is 0 Å². The molecule has 3 heteroatoms. The normalized spacial score (nSPS) is 22.3. The highest BCUT2D eigenvalue weighted by molar-refractivity contribution is 5.47. The minimum absolute atomic E-state index is 0.385. The molecule has 1 aromatic carbocycles. The van der Waals surface area contributed by atoms with Crippen LogP contribution in [0.1, 0.15) is 30.6 Å². The molecule has 0 aliphatic carbocycles. The molecule has 0 spiro atoms. The molecule has 0 saturated carbocycles. The number of hydrogen-bond donors (Lipinski definition) is 1. The van der Waals surface area contributed by atoms with Gasteiger partial charge in [0.05, 0.1) is 11.9 Å². The first-order valence-electron chi connectivity index (χ1n) is 7.75. The van der Waals surface area contributed by atoms with Gasteiger partial charge in [-0.3, -0.25) is 4.98 Å². The molecule has 110 valence electrons. The van der Waals surface area contributed by atoms with Crippen LogP contribution < -0.4 is 10.2 Å². The summed E-state index contributed by atoms with van der Waals surface area (Å²) in [5, 5.41) is 3.69. The van der Waals surface area contributed by atoms with Crippen LogP contribution in [0.3, 0.4) is 0 Å². The third kappa shape index (κ3) is 3.08. The predicted molar refractivity (Wildman–Crippen MR) is 87.6 cm³/mol. The van der Waals surface area contributed by atoms with Gasteiger partial charge in [0.25, 0.3) is 0 Å². The van der Waals surface area contributed by atoms with Crippen LogP contribution in [-0.2, 0) is 0 Å². The fourth-order valence-electron chi connectivity index (χ4n) is 3.02. The number of rotatable bonds is 3. The van der Waals surface area contributed by atoms with Gasteiger partial charge in [-0.2, -0.15) is 0 Å². The fraction of sp³-hybridized carbons (Fsp3) is 0.389. The lowest BCUT2D eigenvalue weighted by Crippen LogP contribution is -2.52. The molecule has 3 rings (SSSR count). The van der Waals surface area contributed by atoms with Gasteiger partial charge in [-0.1, -0.05) is 37.3 Å². The zero-order valence-electron chi connectivity index (χ0n) is 12.8. The van der Waals surface area contributed by atoms with E-state index in [9.17, 15) is 0 Å². The number of pyridine rings is 1. The van der Waals surface area contributed by atoms with E-state index >= 15 is 0 Å². The molecule has 1 aliphatic heterocycles. The molecule has 0 bridgehead atoms. The van der Waals surface area contributed by atoms with E-state index in [2.05, 4.69) is 64.6 Å². The molecule has 2 aromatic rings. The SMILES string of the molecule is CCC1CNC(c2ccccc2)CN1c1ccc(C)nc1. The number of hydrogen-bond acceptors (Lipinski definition) is 3. The van der Waals surface area contributed by atoms with Crippen LogP contribution in [0.25, 0.3) is 0 Å². The zero-order chi connectivity index (χ0) is 14.7. The van der Waals surface area contributed by atoms with Crippen LogP contribution in [0.4, 0.5) is 5.69 Å². The molecular weight excluding hydrogens is 258 g/mol. The second-order valence-corrected chi connectivity index (χ2v) is 5.74. The summed E-state index contributed by atoms with van der Waals surface area (Å²) in [5.41, 5.74) is 3.66. The summed E-state index contributed by atoms with van der Waals surface area (Å²) >= 11 is 0. The Kier molecular flexibility index (Phi) is 4.20. The molecule has 1 saturated heterocycles. The number of nitrogens with one attached hydrogen (secondary N) is 1. The quantitative estimate of drug-likeness (QED) is 0.935. The van der Waals surface area contributed by atoms with Crippen LogP contribution in [0.2, 0.25) is 0 Å². The third-order valence-corrected chi connectivity index (χ3v) is 4.32. The van der Waals surface area contributed by atoms with Crippen LogP contribution in [0, 0.1) is 6.92 Å². The molecule has 2 unspecified atom stereocenters. The van der Waals surface area contributed by atoms with Crippen molar-refractivity contribution in [2.75, 3.05) is 18.0 Å². The molecule has 1 aliphatic rings. The Labute approximate surface area is 127 Å². The molecule has 2 heterocycles. The molecule has 3 nitrogen and oxygen atoms in total. The maximum Gasteiger partial charge on any atom is 0.0556 e. The minimum atomic E-state index is 0.385. The maximum absolute atomic E-state index is 4.46. The first-order valence-corrected chi connectivity index (χ1v) is 7.75. The van der Waals surface area contributed by atoms with Crippen molar-refractivity contribution < 1.29 is 0 Å². The van der Waals surface area contributed by atoms with Crippen molar-refractivity contribution in [3.05, 3.63) is 59.9 Å². The summed E-state index contributed by atoms with van der Waals surface area (Å²) in [5.74, 6) is 0. The van der Waals surface area contributed by atoms with E-state index in [1.54, 1.807) is 0 Å². The highest BCUT2D eigenvalue weighted by Crippen LogP contribution is 2.26. The monoisotopic (exact) mass is 281 g/mol. The Balaban J connectivity index is 1.83. The number of piperazine rings is 1. The Morgan fingerprint density at radius 3 is 2.67 bits per heavy atom. The second-order valence-electron chi connectivity index (χ2n) is 5.74. The van der Waals surface area contributed by atoms with Crippen molar-refractivity contribution in [2.45, 2.75) is 32.4 Å². The van der Waals surface area contributed by atoms with E-state index in [1.807, 2.05) is 13.1 Å². The largest absolute Gasteiger partial charge is 0.364 e. The first kappa shape index (κ1) is 14.1. The summed E-state index contributed by atoms with van der Waals surface area (Å²) in [4.78, 5) is 6.96. The van der Waals surface area contributed by atoms with Crippen molar-refractivity contribution >= 4 is 5.69 Å². The van der Waals surface area contributed by atoms with Gasteiger partial charge in [-0.25, -0.2) is 0 Å². The Morgan fingerprint density at radius 1 is 1.19 bits per heavy atom. The topological polar surface area (TPSA) is 28.2 Å². The summed E-state index contributed by atoms with van der Waals surface area (Å²) < 4.78 is 0. The summed E-state index contributed by atoms with van der Waals surface area (Å²) in [6.07, 6.45) is 3.15. The van der Waals surface area contributed by atoms with E-state index in [1.165, 1.54) is 11.3 Å². The van der Waals surface area contributed by atoms with E-state index in [4.69, 9.17) is 0 Å². The number of aromatic nitrogens is 1. The second kappa shape index (κ2) is 6.27. The Bertz CT molecular complexity index is 565. The Hall–Kier alpha value is -1.87. The van der Waals surface area contributed by atoms with Crippen molar-refractivity contribution in [1.29, 1.82) is 0 Å². The highest BCUT2D eigenvalue weighted by Gasteiger charge is 2.27. The summed E-state index contributed by atoms with van der Waals surface area (Å²) in [7, 11) is 0. The van der Waals surface area contributed by atoms with E-state index < -0.39 is 0 Å². The molecule has 1 N–H and O–H groups in total. The molecule has 0 amide bonds. The van der Waals surface area contributed by atoms with Crippen LogP contribution in [-0.4, -0.2) is 24.1 Å². The summed E-state index contributed by atoms with van der Waals surface area (Å²) in [6.45, 7) is 6.30. The number of nitrogens with zero attached hydrogens (tertiary/aromatic N) is 2. The van der Waals surface area contributed by atoms with Gasteiger partial charge in [-0.05, 0) is 31.0 Å². The van der Waals surface area contributed by atoms with Gasteiger partial charge < -0.3 is 10.2 Å². The van der Waals surface area contributed by atoms with Crippen LogP contribution in [0.5, 0.6) is 0 Å². The molecular formula is C18H23N3. The van der Waals surface area contributed by atoms with E-state index in [-0.39, 0.29) is 0 Å². The lowest BCUT2D eigenvalue weighted by atomic mass is 10.00.